The van der Waals surface area contributed by atoms with E-state index in [1.54, 1.807) is 23.9 Å². The van der Waals surface area contributed by atoms with Gasteiger partial charge in [0.15, 0.2) is 0 Å². The number of thioether (sulfide) groups is 1. The Kier molecular flexibility index (Phi) is 4.46. The van der Waals surface area contributed by atoms with Crippen LogP contribution in [0.25, 0.3) is 0 Å². The number of halogens is 1. The highest BCUT2D eigenvalue weighted by Gasteiger charge is 2.16. The minimum Gasteiger partial charge on any atom is -0.493 e. The lowest BCUT2D eigenvalue weighted by Gasteiger charge is -2.17. The van der Waals surface area contributed by atoms with Crippen molar-refractivity contribution in [3.8, 4) is 5.75 Å². The van der Waals surface area contributed by atoms with Crippen LogP contribution in [0, 0.1) is 5.82 Å². The minimum atomic E-state index is -0.185. The molecule has 1 aliphatic heterocycles. The molecule has 0 bridgehead atoms. The molecular formula is C17H18FNOS. The maximum Gasteiger partial charge on any atom is 0.124 e. The average Bonchev–Trinajstić information content (AvgIpc) is 2.95. The maximum absolute atomic E-state index is 13.2. The Bertz CT molecular complexity index is 632. The van der Waals surface area contributed by atoms with E-state index in [0.717, 1.165) is 29.4 Å². The summed E-state index contributed by atoms with van der Waals surface area (Å²) in [7, 11) is 1.96. The fraction of sp³-hybridized carbons (Fsp3) is 0.294. The highest BCUT2D eigenvalue weighted by Crippen LogP contribution is 2.30. The summed E-state index contributed by atoms with van der Waals surface area (Å²) in [6.45, 7) is 0.779. The zero-order valence-electron chi connectivity index (χ0n) is 11.9. The lowest BCUT2D eigenvalue weighted by Crippen LogP contribution is -2.18. The summed E-state index contributed by atoms with van der Waals surface area (Å²) in [5.41, 5.74) is 2.54. The Morgan fingerprint density at radius 2 is 2.19 bits per heavy atom. The van der Waals surface area contributed by atoms with Crippen molar-refractivity contribution in [1.82, 2.24) is 5.32 Å². The molecule has 1 unspecified atom stereocenters. The summed E-state index contributed by atoms with van der Waals surface area (Å²) >= 11 is 1.66. The van der Waals surface area contributed by atoms with Crippen molar-refractivity contribution in [2.45, 2.75) is 17.4 Å². The standard InChI is InChI=1S/C17H18FNOS/c1-19-16(11-21-15-4-2-3-14(18)10-15)12-5-6-17-13(9-12)7-8-20-17/h2-6,9-10,16,19H,7-8,11H2,1H3. The Morgan fingerprint density at radius 3 is 3.00 bits per heavy atom. The first kappa shape index (κ1) is 14.4. The molecule has 4 heteroatoms. The summed E-state index contributed by atoms with van der Waals surface area (Å²) < 4.78 is 18.7. The second kappa shape index (κ2) is 6.50. The molecule has 0 fully saturated rings. The Labute approximate surface area is 128 Å². The van der Waals surface area contributed by atoms with E-state index < -0.39 is 0 Å². The van der Waals surface area contributed by atoms with Crippen LogP contribution in [-0.4, -0.2) is 19.4 Å². The van der Waals surface area contributed by atoms with Gasteiger partial charge in [-0.25, -0.2) is 4.39 Å². The quantitative estimate of drug-likeness (QED) is 0.849. The third-order valence-corrected chi connectivity index (χ3v) is 4.76. The van der Waals surface area contributed by atoms with Gasteiger partial charge in [-0.3, -0.25) is 0 Å². The SMILES string of the molecule is CNC(CSc1cccc(F)c1)c1ccc2c(c1)CCO2. The topological polar surface area (TPSA) is 21.3 Å². The van der Waals surface area contributed by atoms with E-state index in [1.165, 1.54) is 17.2 Å². The number of benzene rings is 2. The largest absolute Gasteiger partial charge is 0.493 e. The molecule has 110 valence electrons. The first-order chi connectivity index (χ1) is 10.3. The molecule has 0 saturated carbocycles. The number of rotatable bonds is 5. The van der Waals surface area contributed by atoms with Crippen molar-refractivity contribution >= 4 is 11.8 Å². The lowest BCUT2D eigenvalue weighted by molar-refractivity contribution is 0.357. The molecule has 0 saturated heterocycles. The number of nitrogens with one attached hydrogen (secondary N) is 1. The van der Waals surface area contributed by atoms with Crippen molar-refractivity contribution in [3.63, 3.8) is 0 Å². The van der Waals surface area contributed by atoms with Gasteiger partial charge in [-0.2, -0.15) is 0 Å². The third kappa shape index (κ3) is 3.39. The molecule has 3 rings (SSSR count). The van der Waals surface area contributed by atoms with Gasteiger partial charge in [0.25, 0.3) is 0 Å². The summed E-state index contributed by atoms with van der Waals surface area (Å²) in [5.74, 6) is 1.68. The van der Waals surface area contributed by atoms with E-state index in [2.05, 4.69) is 23.5 Å². The van der Waals surface area contributed by atoms with Gasteiger partial charge in [0.2, 0.25) is 0 Å². The van der Waals surface area contributed by atoms with Crippen LogP contribution in [0.4, 0.5) is 4.39 Å². The van der Waals surface area contributed by atoms with Gasteiger partial charge < -0.3 is 10.1 Å². The number of hydrogen-bond donors (Lipinski definition) is 1. The summed E-state index contributed by atoms with van der Waals surface area (Å²) in [6, 6.07) is 13.4. The van der Waals surface area contributed by atoms with Crippen LogP contribution < -0.4 is 10.1 Å². The van der Waals surface area contributed by atoms with E-state index in [1.807, 2.05) is 13.1 Å². The third-order valence-electron chi connectivity index (χ3n) is 3.68. The molecule has 2 nitrogen and oxygen atoms in total. The average molecular weight is 303 g/mol. The van der Waals surface area contributed by atoms with Gasteiger partial charge in [0.1, 0.15) is 11.6 Å². The molecule has 1 aliphatic rings. The van der Waals surface area contributed by atoms with Gasteiger partial charge in [0, 0.05) is 23.1 Å². The van der Waals surface area contributed by atoms with Crippen LogP contribution in [0.1, 0.15) is 17.2 Å². The van der Waals surface area contributed by atoms with Crippen molar-refractivity contribution in [2.75, 3.05) is 19.4 Å². The molecule has 0 aliphatic carbocycles. The number of hydrogen-bond acceptors (Lipinski definition) is 3. The van der Waals surface area contributed by atoms with Crippen LogP contribution in [0.3, 0.4) is 0 Å². The minimum absolute atomic E-state index is 0.185. The number of fused-ring (bicyclic) bond motifs is 1. The fourth-order valence-corrected chi connectivity index (χ4v) is 3.59. The highest BCUT2D eigenvalue weighted by molar-refractivity contribution is 7.99. The molecule has 1 N–H and O–H groups in total. The molecule has 0 radical (unpaired) electrons. The van der Waals surface area contributed by atoms with Crippen molar-refractivity contribution in [1.29, 1.82) is 0 Å². The molecule has 2 aromatic carbocycles. The van der Waals surface area contributed by atoms with Gasteiger partial charge in [0.05, 0.1) is 6.61 Å². The van der Waals surface area contributed by atoms with E-state index in [-0.39, 0.29) is 11.9 Å². The van der Waals surface area contributed by atoms with Crippen LogP contribution in [-0.2, 0) is 6.42 Å². The zero-order valence-corrected chi connectivity index (χ0v) is 12.8. The summed E-state index contributed by atoms with van der Waals surface area (Å²) in [4.78, 5) is 0.958. The van der Waals surface area contributed by atoms with E-state index in [0.29, 0.717) is 0 Å². The van der Waals surface area contributed by atoms with Gasteiger partial charge >= 0.3 is 0 Å². The van der Waals surface area contributed by atoms with Gasteiger partial charge in [-0.15, -0.1) is 11.8 Å². The predicted molar refractivity (Wildman–Crippen MR) is 84.6 cm³/mol. The first-order valence-corrected chi connectivity index (χ1v) is 8.06. The van der Waals surface area contributed by atoms with E-state index in [4.69, 9.17) is 4.74 Å². The second-order valence-corrected chi connectivity index (χ2v) is 6.17. The second-order valence-electron chi connectivity index (χ2n) is 5.08. The van der Waals surface area contributed by atoms with Crippen LogP contribution in [0.15, 0.2) is 47.4 Å². The first-order valence-electron chi connectivity index (χ1n) is 7.07. The van der Waals surface area contributed by atoms with Gasteiger partial charge in [-0.05, 0) is 42.4 Å². The monoisotopic (exact) mass is 303 g/mol. The Morgan fingerprint density at radius 1 is 1.29 bits per heavy atom. The smallest absolute Gasteiger partial charge is 0.124 e. The zero-order chi connectivity index (χ0) is 14.7. The molecule has 2 aromatic rings. The molecule has 0 amide bonds. The maximum atomic E-state index is 13.2. The van der Waals surface area contributed by atoms with E-state index in [9.17, 15) is 4.39 Å². The van der Waals surface area contributed by atoms with Gasteiger partial charge in [-0.1, -0.05) is 18.2 Å². The van der Waals surface area contributed by atoms with Crippen molar-refractivity contribution < 1.29 is 9.13 Å². The normalized spacial score (nSPS) is 14.6. The molecule has 1 heterocycles. The molecule has 1 atom stereocenters. The Balaban J connectivity index is 1.70. The highest BCUT2D eigenvalue weighted by atomic mass is 32.2. The molecular weight excluding hydrogens is 285 g/mol. The Hall–Kier alpha value is -1.52. The van der Waals surface area contributed by atoms with E-state index >= 15 is 0 Å². The van der Waals surface area contributed by atoms with Crippen LogP contribution in [0.5, 0.6) is 5.75 Å². The molecule has 0 aromatic heterocycles. The number of ether oxygens (including phenoxy) is 1. The van der Waals surface area contributed by atoms with Crippen molar-refractivity contribution in [2.24, 2.45) is 0 Å². The predicted octanol–water partition coefficient (Wildman–Crippen LogP) is 3.81. The fourth-order valence-electron chi connectivity index (χ4n) is 2.51. The lowest BCUT2D eigenvalue weighted by atomic mass is 10.0. The summed E-state index contributed by atoms with van der Waals surface area (Å²) in [5, 5.41) is 3.34. The van der Waals surface area contributed by atoms with Crippen molar-refractivity contribution in [3.05, 3.63) is 59.4 Å². The van der Waals surface area contributed by atoms with Crippen LogP contribution >= 0.6 is 11.8 Å². The van der Waals surface area contributed by atoms with Crippen LogP contribution in [0.2, 0.25) is 0 Å². The molecule has 0 spiro atoms. The summed E-state index contributed by atoms with van der Waals surface area (Å²) in [6.07, 6.45) is 0.983. The molecule has 21 heavy (non-hydrogen) atoms.